The number of benzene rings is 1. The lowest BCUT2D eigenvalue weighted by Crippen LogP contribution is -2.37. The van der Waals surface area contributed by atoms with Crippen LogP contribution in [-0.2, 0) is 4.79 Å². The van der Waals surface area contributed by atoms with Crippen LogP contribution >= 0.6 is 0 Å². The molecule has 1 fully saturated rings. The van der Waals surface area contributed by atoms with E-state index < -0.39 is 0 Å². The second kappa shape index (κ2) is 5.63. The van der Waals surface area contributed by atoms with E-state index >= 15 is 0 Å². The van der Waals surface area contributed by atoms with Crippen molar-refractivity contribution < 1.29 is 14.3 Å². The molecule has 0 radical (unpaired) electrons. The molecular formula is C15H19N3O3. The highest BCUT2D eigenvalue weighted by molar-refractivity contribution is 5.99. The van der Waals surface area contributed by atoms with E-state index in [2.05, 4.69) is 10.6 Å². The van der Waals surface area contributed by atoms with Crippen LogP contribution in [0.5, 0.6) is 5.75 Å². The molecule has 0 unspecified atom stereocenters. The predicted molar refractivity (Wildman–Crippen MR) is 79.8 cm³/mol. The maximum absolute atomic E-state index is 11.9. The van der Waals surface area contributed by atoms with Crippen LogP contribution in [0.2, 0.25) is 0 Å². The van der Waals surface area contributed by atoms with Crippen molar-refractivity contribution >= 4 is 23.3 Å². The molecule has 0 saturated heterocycles. The van der Waals surface area contributed by atoms with Crippen molar-refractivity contribution in [2.45, 2.75) is 31.7 Å². The molecule has 1 aliphatic carbocycles. The van der Waals surface area contributed by atoms with E-state index in [0.29, 0.717) is 17.1 Å². The minimum absolute atomic E-state index is 0.0540. The Morgan fingerprint density at radius 3 is 2.86 bits per heavy atom. The third kappa shape index (κ3) is 2.94. The Morgan fingerprint density at radius 2 is 2.10 bits per heavy atom. The van der Waals surface area contributed by atoms with Crippen molar-refractivity contribution in [3.63, 3.8) is 0 Å². The first-order chi connectivity index (χ1) is 10.1. The second-order valence-electron chi connectivity index (χ2n) is 5.50. The number of rotatable bonds is 2. The molecule has 0 aromatic heterocycles. The molecule has 0 spiro atoms. The van der Waals surface area contributed by atoms with Gasteiger partial charge in [0, 0.05) is 18.8 Å². The van der Waals surface area contributed by atoms with E-state index in [4.69, 9.17) is 4.74 Å². The Kier molecular flexibility index (Phi) is 3.68. The van der Waals surface area contributed by atoms with Crippen LogP contribution in [0.15, 0.2) is 18.2 Å². The predicted octanol–water partition coefficient (Wildman–Crippen LogP) is 2.11. The highest BCUT2D eigenvalue weighted by atomic mass is 16.5. The van der Waals surface area contributed by atoms with Crippen LogP contribution in [0, 0.1) is 0 Å². The van der Waals surface area contributed by atoms with Gasteiger partial charge in [0.25, 0.3) is 5.91 Å². The Labute approximate surface area is 123 Å². The summed E-state index contributed by atoms with van der Waals surface area (Å²) in [5.74, 6) is 0.550. The van der Waals surface area contributed by atoms with Crippen molar-refractivity contribution in [1.82, 2.24) is 5.32 Å². The Balaban J connectivity index is 1.68. The standard InChI is InChI=1S/C15H19N3O3/c1-18-12-8-11(6-7-13(12)21-9-14(18)19)17-15(20)16-10-4-2-3-5-10/h6-8,10H,2-5,9H2,1H3,(H2,16,17,20). The number of likely N-dealkylation sites (N-methyl/N-ethyl adjacent to an activating group) is 1. The third-order valence-corrected chi connectivity index (χ3v) is 3.99. The number of urea groups is 1. The van der Waals surface area contributed by atoms with E-state index in [0.717, 1.165) is 12.8 Å². The van der Waals surface area contributed by atoms with Gasteiger partial charge in [-0.2, -0.15) is 0 Å². The third-order valence-electron chi connectivity index (χ3n) is 3.99. The Hall–Kier alpha value is -2.24. The van der Waals surface area contributed by atoms with Crippen LogP contribution in [0.4, 0.5) is 16.2 Å². The highest BCUT2D eigenvalue weighted by Gasteiger charge is 2.23. The normalized spacial score (nSPS) is 18.1. The molecule has 3 rings (SSSR count). The van der Waals surface area contributed by atoms with Crippen LogP contribution in [0.3, 0.4) is 0 Å². The topological polar surface area (TPSA) is 70.7 Å². The molecule has 1 saturated carbocycles. The zero-order valence-corrected chi connectivity index (χ0v) is 12.0. The zero-order chi connectivity index (χ0) is 14.8. The summed E-state index contributed by atoms with van der Waals surface area (Å²) in [6.07, 6.45) is 4.44. The van der Waals surface area contributed by atoms with Crippen LogP contribution < -0.4 is 20.3 Å². The first-order valence-corrected chi connectivity index (χ1v) is 7.24. The summed E-state index contributed by atoms with van der Waals surface area (Å²) in [5.41, 5.74) is 1.32. The van der Waals surface area contributed by atoms with Gasteiger partial charge < -0.3 is 20.3 Å². The maximum Gasteiger partial charge on any atom is 0.319 e. The van der Waals surface area contributed by atoms with Crippen molar-refractivity contribution in [1.29, 1.82) is 0 Å². The second-order valence-corrected chi connectivity index (χ2v) is 5.50. The first kappa shape index (κ1) is 13.7. The lowest BCUT2D eigenvalue weighted by Gasteiger charge is -2.26. The fourth-order valence-electron chi connectivity index (χ4n) is 2.77. The number of hydrogen-bond acceptors (Lipinski definition) is 3. The quantitative estimate of drug-likeness (QED) is 0.876. The molecule has 6 nitrogen and oxygen atoms in total. The highest BCUT2D eigenvalue weighted by Crippen LogP contribution is 2.33. The monoisotopic (exact) mass is 289 g/mol. The fraction of sp³-hybridized carbons (Fsp3) is 0.467. The summed E-state index contributed by atoms with van der Waals surface area (Å²) in [4.78, 5) is 25.1. The van der Waals surface area contributed by atoms with E-state index in [9.17, 15) is 9.59 Å². The van der Waals surface area contributed by atoms with Gasteiger partial charge in [-0.05, 0) is 31.0 Å². The van der Waals surface area contributed by atoms with E-state index in [1.807, 2.05) is 0 Å². The Bertz CT molecular complexity index is 567. The molecule has 6 heteroatoms. The number of amides is 3. The SMILES string of the molecule is CN1C(=O)COc2ccc(NC(=O)NC3CCCC3)cc21. The molecule has 0 atom stereocenters. The number of hydrogen-bond donors (Lipinski definition) is 2. The average Bonchev–Trinajstić information content (AvgIpc) is 2.96. The first-order valence-electron chi connectivity index (χ1n) is 7.24. The number of carbonyl (C=O) groups is 2. The minimum Gasteiger partial charge on any atom is -0.482 e. The maximum atomic E-state index is 11.9. The summed E-state index contributed by atoms with van der Waals surface area (Å²) in [5, 5.41) is 5.78. The number of anilines is 2. The van der Waals surface area contributed by atoms with Gasteiger partial charge in [-0.1, -0.05) is 12.8 Å². The summed E-state index contributed by atoms with van der Waals surface area (Å²) >= 11 is 0. The van der Waals surface area contributed by atoms with E-state index in [1.54, 1.807) is 30.1 Å². The molecule has 2 N–H and O–H groups in total. The Morgan fingerprint density at radius 1 is 1.33 bits per heavy atom. The lowest BCUT2D eigenvalue weighted by molar-refractivity contribution is -0.120. The van der Waals surface area contributed by atoms with Crippen molar-refractivity contribution in [2.24, 2.45) is 0 Å². The molecule has 1 aromatic rings. The van der Waals surface area contributed by atoms with Crippen LogP contribution in [-0.4, -0.2) is 31.6 Å². The smallest absolute Gasteiger partial charge is 0.319 e. The molecular weight excluding hydrogens is 270 g/mol. The molecule has 3 amide bonds. The number of nitrogens with zero attached hydrogens (tertiary/aromatic N) is 1. The van der Waals surface area contributed by atoms with Crippen molar-refractivity contribution in [3.8, 4) is 5.75 Å². The number of ether oxygens (including phenoxy) is 1. The van der Waals surface area contributed by atoms with Gasteiger partial charge in [-0.3, -0.25) is 4.79 Å². The molecule has 1 aliphatic heterocycles. The van der Waals surface area contributed by atoms with Crippen LogP contribution in [0.25, 0.3) is 0 Å². The number of nitrogens with one attached hydrogen (secondary N) is 2. The lowest BCUT2D eigenvalue weighted by atomic mass is 10.2. The van der Waals surface area contributed by atoms with Crippen molar-refractivity contribution in [2.75, 3.05) is 23.9 Å². The van der Waals surface area contributed by atoms with Gasteiger partial charge >= 0.3 is 6.03 Å². The van der Waals surface area contributed by atoms with E-state index in [1.165, 1.54) is 12.8 Å². The molecule has 1 heterocycles. The van der Waals surface area contributed by atoms with E-state index in [-0.39, 0.29) is 24.6 Å². The average molecular weight is 289 g/mol. The van der Waals surface area contributed by atoms with Gasteiger partial charge in [0.1, 0.15) is 5.75 Å². The summed E-state index contributed by atoms with van der Waals surface area (Å²) in [7, 11) is 1.70. The fourth-order valence-corrected chi connectivity index (χ4v) is 2.77. The van der Waals surface area contributed by atoms with Gasteiger partial charge in [-0.15, -0.1) is 0 Å². The largest absolute Gasteiger partial charge is 0.482 e. The number of fused-ring (bicyclic) bond motifs is 1. The zero-order valence-electron chi connectivity index (χ0n) is 12.0. The molecule has 112 valence electrons. The van der Waals surface area contributed by atoms with Gasteiger partial charge in [-0.25, -0.2) is 4.79 Å². The van der Waals surface area contributed by atoms with Gasteiger partial charge in [0.15, 0.2) is 6.61 Å². The summed E-state index contributed by atoms with van der Waals surface area (Å²) in [6, 6.07) is 5.36. The summed E-state index contributed by atoms with van der Waals surface area (Å²) < 4.78 is 5.35. The number of carbonyl (C=O) groups excluding carboxylic acids is 2. The molecule has 21 heavy (non-hydrogen) atoms. The molecule has 2 aliphatic rings. The molecule has 0 bridgehead atoms. The van der Waals surface area contributed by atoms with Gasteiger partial charge in [0.05, 0.1) is 5.69 Å². The summed E-state index contributed by atoms with van der Waals surface area (Å²) in [6.45, 7) is 0.0540. The van der Waals surface area contributed by atoms with Crippen LogP contribution in [0.1, 0.15) is 25.7 Å². The molecule has 1 aromatic carbocycles. The van der Waals surface area contributed by atoms with Gasteiger partial charge in [0.2, 0.25) is 0 Å². The minimum atomic E-state index is -0.201. The van der Waals surface area contributed by atoms with Crippen molar-refractivity contribution in [3.05, 3.63) is 18.2 Å².